The Morgan fingerprint density at radius 2 is 2.05 bits per heavy atom. The highest BCUT2D eigenvalue weighted by atomic mass is 16.2. The van der Waals surface area contributed by atoms with Gasteiger partial charge in [0.2, 0.25) is 5.91 Å². The van der Waals surface area contributed by atoms with Crippen molar-refractivity contribution in [2.75, 3.05) is 5.32 Å². The summed E-state index contributed by atoms with van der Waals surface area (Å²) in [4.78, 5) is 15.4. The van der Waals surface area contributed by atoms with E-state index >= 15 is 0 Å². The van der Waals surface area contributed by atoms with Gasteiger partial charge in [-0.25, -0.2) is 0 Å². The van der Waals surface area contributed by atoms with Gasteiger partial charge in [0.05, 0.1) is 6.04 Å². The third kappa shape index (κ3) is 3.02. The van der Waals surface area contributed by atoms with Crippen LogP contribution in [-0.4, -0.2) is 16.9 Å². The van der Waals surface area contributed by atoms with E-state index in [4.69, 9.17) is 5.73 Å². The fraction of sp³-hybridized carbons (Fsp3) is 0.167. The van der Waals surface area contributed by atoms with Crippen LogP contribution in [0.1, 0.15) is 11.1 Å². The van der Waals surface area contributed by atoms with Gasteiger partial charge in [0.15, 0.2) is 0 Å². The molecule has 2 aromatic carbocycles. The molecule has 1 heterocycles. The summed E-state index contributed by atoms with van der Waals surface area (Å²) < 4.78 is 0. The zero-order chi connectivity index (χ0) is 15.5. The minimum absolute atomic E-state index is 0.170. The minimum Gasteiger partial charge on any atom is -0.361 e. The lowest BCUT2D eigenvalue weighted by molar-refractivity contribution is -0.117. The molecule has 1 atom stereocenters. The van der Waals surface area contributed by atoms with E-state index in [2.05, 4.69) is 10.3 Å². The Morgan fingerprint density at radius 1 is 1.23 bits per heavy atom. The Hall–Kier alpha value is -2.59. The predicted molar refractivity (Wildman–Crippen MR) is 89.8 cm³/mol. The fourth-order valence-corrected chi connectivity index (χ4v) is 2.59. The number of hydrogen-bond acceptors (Lipinski definition) is 2. The van der Waals surface area contributed by atoms with Crippen LogP contribution in [0.15, 0.2) is 54.7 Å². The van der Waals surface area contributed by atoms with Crippen LogP contribution in [0.2, 0.25) is 0 Å². The largest absolute Gasteiger partial charge is 0.361 e. The number of para-hydroxylation sites is 1. The summed E-state index contributed by atoms with van der Waals surface area (Å²) in [5.74, 6) is -0.170. The van der Waals surface area contributed by atoms with Gasteiger partial charge in [0.1, 0.15) is 0 Å². The van der Waals surface area contributed by atoms with Crippen LogP contribution in [0.3, 0.4) is 0 Å². The second-order valence-corrected chi connectivity index (χ2v) is 5.53. The molecule has 4 heteroatoms. The van der Waals surface area contributed by atoms with Crippen LogP contribution < -0.4 is 11.1 Å². The number of aromatic nitrogens is 1. The summed E-state index contributed by atoms with van der Waals surface area (Å²) in [5.41, 5.74) is 10.1. The molecule has 4 nitrogen and oxygen atoms in total. The number of nitrogens with one attached hydrogen (secondary N) is 2. The first-order valence-corrected chi connectivity index (χ1v) is 7.31. The smallest absolute Gasteiger partial charge is 0.241 e. The van der Waals surface area contributed by atoms with Gasteiger partial charge in [-0.3, -0.25) is 4.79 Å². The first-order valence-electron chi connectivity index (χ1n) is 7.31. The maximum Gasteiger partial charge on any atom is 0.241 e. The average molecular weight is 293 g/mol. The van der Waals surface area contributed by atoms with E-state index < -0.39 is 6.04 Å². The van der Waals surface area contributed by atoms with Gasteiger partial charge in [-0.2, -0.15) is 0 Å². The molecule has 0 unspecified atom stereocenters. The summed E-state index contributed by atoms with van der Waals surface area (Å²) in [6, 6.07) is 15.1. The quantitative estimate of drug-likeness (QED) is 0.692. The minimum atomic E-state index is -0.584. The van der Waals surface area contributed by atoms with Crippen LogP contribution >= 0.6 is 0 Å². The molecule has 0 bridgehead atoms. The third-order valence-electron chi connectivity index (χ3n) is 3.74. The Balaban J connectivity index is 1.71. The van der Waals surface area contributed by atoms with Crippen molar-refractivity contribution in [3.63, 3.8) is 0 Å². The number of H-pyrrole nitrogens is 1. The molecule has 3 rings (SSSR count). The van der Waals surface area contributed by atoms with Crippen molar-refractivity contribution in [1.29, 1.82) is 0 Å². The maximum absolute atomic E-state index is 12.2. The molecule has 1 aromatic heterocycles. The number of aryl methyl sites for hydroxylation is 1. The van der Waals surface area contributed by atoms with Crippen molar-refractivity contribution in [2.24, 2.45) is 5.73 Å². The Labute approximate surface area is 129 Å². The molecule has 0 aliphatic rings. The highest BCUT2D eigenvalue weighted by molar-refractivity contribution is 5.95. The summed E-state index contributed by atoms with van der Waals surface area (Å²) in [7, 11) is 0. The second-order valence-electron chi connectivity index (χ2n) is 5.53. The molecule has 3 aromatic rings. The van der Waals surface area contributed by atoms with Gasteiger partial charge in [-0.1, -0.05) is 30.3 Å². The summed E-state index contributed by atoms with van der Waals surface area (Å²) in [5, 5.41) is 3.98. The normalized spacial score (nSPS) is 12.3. The first kappa shape index (κ1) is 14.4. The van der Waals surface area contributed by atoms with Crippen molar-refractivity contribution in [3.8, 4) is 0 Å². The second kappa shape index (κ2) is 6.03. The zero-order valence-electron chi connectivity index (χ0n) is 12.5. The molecule has 0 radical (unpaired) electrons. The van der Waals surface area contributed by atoms with E-state index in [1.54, 1.807) is 0 Å². The first-order chi connectivity index (χ1) is 10.6. The zero-order valence-corrected chi connectivity index (χ0v) is 12.5. The molecule has 0 saturated heterocycles. The SMILES string of the molecule is Cc1cccc(NC(=O)[C@H](N)Cc2c[nH]c3ccccc23)c1. The van der Waals surface area contributed by atoms with Crippen molar-refractivity contribution in [1.82, 2.24) is 4.98 Å². The molecular formula is C18H19N3O. The van der Waals surface area contributed by atoms with E-state index in [0.29, 0.717) is 6.42 Å². The van der Waals surface area contributed by atoms with Crippen LogP contribution in [0.4, 0.5) is 5.69 Å². The summed E-state index contributed by atoms with van der Waals surface area (Å²) in [6.07, 6.45) is 2.42. The lowest BCUT2D eigenvalue weighted by Gasteiger charge is -2.12. The molecular weight excluding hydrogens is 274 g/mol. The Bertz CT molecular complexity index is 807. The monoisotopic (exact) mass is 293 g/mol. The van der Waals surface area contributed by atoms with E-state index in [1.807, 2.05) is 61.7 Å². The average Bonchev–Trinajstić information content (AvgIpc) is 2.90. The van der Waals surface area contributed by atoms with E-state index in [9.17, 15) is 4.79 Å². The lowest BCUT2D eigenvalue weighted by Crippen LogP contribution is -2.37. The van der Waals surface area contributed by atoms with E-state index in [0.717, 1.165) is 27.7 Å². The van der Waals surface area contributed by atoms with Gasteiger partial charge in [-0.15, -0.1) is 0 Å². The summed E-state index contributed by atoms with van der Waals surface area (Å²) in [6.45, 7) is 1.99. The number of nitrogens with two attached hydrogens (primary N) is 1. The van der Waals surface area contributed by atoms with Crippen LogP contribution in [0, 0.1) is 6.92 Å². The van der Waals surface area contributed by atoms with Gasteiger partial charge >= 0.3 is 0 Å². The van der Waals surface area contributed by atoms with Gasteiger partial charge in [0, 0.05) is 22.8 Å². The van der Waals surface area contributed by atoms with Crippen molar-refractivity contribution in [3.05, 3.63) is 65.9 Å². The molecule has 1 amide bonds. The van der Waals surface area contributed by atoms with Crippen molar-refractivity contribution >= 4 is 22.5 Å². The number of amides is 1. The summed E-state index contributed by atoms with van der Waals surface area (Å²) >= 11 is 0. The van der Waals surface area contributed by atoms with E-state index in [-0.39, 0.29) is 5.91 Å². The predicted octanol–water partition coefficient (Wildman–Crippen LogP) is 2.98. The van der Waals surface area contributed by atoms with Crippen LogP contribution in [0.25, 0.3) is 10.9 Å². The topological polar surface area (TPSA) is 70.9 Å². The van der Waals surface area contributed by atoms with Gasteiger partial charge in [0.25, 0.3) is 0 Å². The molecule has 4 N–H and O–H groups in total. The van der Waals surface area contributed by atoms with Gasteiger partial charge < -0.3 is 16.0 Å². The lowest BCUT2D eigenvalue weighted by atomic mass is 10.0. The molecule has 0 aliphatic heterocycles. The van der Waals surface area contributed by atoms with Crippen LogP contribution in [-0.2, 0) is 11.2 Å². The van der Waals surface area contributed by atoms with Crippen molar-refractivity contribution < 1.29 is 4.79 Å². The number of hydrogen-bond donors (Lipinski definition) is 3. The molecule has 0 fully saturated rings. The Kier molecular flexibility index (Phi) is 3.94. The number of rotatable bonds is 4. The maximum atomic E-state index is 12.2. The molecule has 112 valence electrons. The highest BCUT2D eigenvalue weighted by Crippen LogP contribution is 2.19. The standard InChI is InChI=1S/C18H19N3O/c1-12-5-4-6-14(9-12)21-18(22)16(19)10-13-11-20-17-8-3-2-7-15(13)17/h2-9,11,16,20H,10,19H2,1H3,(H,21,22)/t16-/m1/s1. The number of carbonyl (C=O) groups is 1. The molecule has 0 spiro atoms. The van der Waals surface area contributed by atoms with Gasteiger partial charge in [-0.05, 0) is 42.7 Å². The number of aromatic amines is 1. The molecule has 0 saturated carbocycles. The van der Waals surface area contributed by atoms with Crippen molar-refractivity contribution in [2.45, 2.75) is 19.4 Å². The van der Waals surface area contributed by atoms with E-state index in [1.165, 1.54) is 0 Å². The number of carbonyl (C=O) groups excluding carboxylic acids is 1. The number of fused-ring (bicyclic) bond motifs is 1. The highest BCUT2D eigenvalue weighted by Gasteiger charge is 2.16. The molecule has 0 aliphatic carbocycles. The van der Waals surface area contributed by atoms with Crippen LogP contribution in [0.5, 0.6) is 0 Å². The molecule has 22 heavy (non-hydrogen) atoms. The number of anilines is 1. The Morgan fingerprint density at radius 3 is 2.86 bits per heavy atom. The fourth-order valence-electron chi connectivity index (χ4n) is 2.59. The number of benzene rings is 2. The third-order valence-corrected chi connectivity index (χ3v) is 3.74.